The van der Waals surface area contributed by atoms with Crippen molar-refractivity contribution >= 4 is 34.3 Å². The van der Waals surface area contributed by atoms with Gasteiger partial charge in [-0.25, -0.2) is 4.98 Å². The Balaban J connectivity index is 1.19. The monoisotopic (exact) mass is 391 g/mol. The summed E-state index contributed by atoms with van der Waals surface area (Å²) in [7, 11) is 0. The minimum atomic E-state index is 0.270. The number of rotatable bonds is 6. The van der Waals surface area contributed by atoms with E-state index in [-0.39, 0.29) is 5.91 Å². The van der Waals surface area contributed by atoms with E-state index in [0.717, 1.165) is 43.5 Å². The van der Waals surface area contributed by atoms with E-state index < -0.39 is 0 Å². The minimum Gasteiger partial charge on any atom is -0.353 e. The van der Waals surface area contributed by atoms with Crippen LogP contribution in [0.25, 0.3) is 10.8 Å². The lowest BCUT2D eigenvalue weighted by Gasteiger charge is -2.35. The second-order valence-electron chi connectivity index (χ2n) is 7.04. The Bertz CT molecular complexity index is 923. The number of benzene rings is 2. The zero-order valence-electron chi connectivity index (χ0n) is 16.0. The number of nitrogens with zero attached hydrogens (tertiary/aromatic N) is 3. The van der Waals surface area contributed by atoms with Gasteiger partial charge in [0.1, 0.15) is 5.82 Å². The van der Waals surface area contributed by atoms with Crippen molar-refractivity contribution in [2.75, 3.05) is 36.8 Å². The van der Waals surface area contributed by atoms with Crippen LogP contribution < -0.4 is 4.90 Å². The first-order valence-corrected chi connectivity index (χ1v) is 10.9. The lowest BCUT2D eigenvalue weighted by atomic mass is 10.1. The molecule has 3 aromatic rings. The predicted molar refractivity (Wildman–Crippen MR) is 118 cm³/mol. The molecule has 0 bridgehead atoms. The van der Waals surface area contributed by atoms with Crippen molar-refractivity contribution in [2.45, 2.75) is 12.2 Å². The first-order chi connectivity index (χ1) is 13.8. The second kappa shape index (κ2) is 9.11. The summed E-state index contributed by atoms with van der Waals surface area (Å²) in [6, 6.07) is 21.0. The van der Waals surface area contributed by atoms with Crippen LogP contribution in [0.1, 0.15) is 12.0 Å². The fourth-order valence-electron chi connectivity index (χ4n) is 3.56. The summed E-state index contributed by atoms with van der Waals surface area (Å²) in [5.74, 6) is 3.09. The summed E-state index contributed by atoms with van der Waals surface area (Å²) in [5.41, 5.74) is 1.32. The molecule has 2 aromatic carbocycles. The van der Waals surface area contributed by atoms with Gasteiger partial charge in [-0.05, 0) is 28.5 Å². The van der Waals surface area contributed by atoms with Crippen molar-refractivity contribution in [3.8, 4) is 0 Å². The molecule has 4 nitrogen and oxygen atoms in total. The topological polar surface area (TPSA) is 36.4 Å². The molecule has 1 aliphatic rings. The summed E-state index contributed by atoms with van der Waals surface area (Å²) >= 11 is 1.84. The maximum absolute atomic E-state index is 12.5. The third-order valence-corrected chi connectivity index (χ3v) is 6.18. The van der Waals surface area contributed by atoms with Crippen LogP contribution in [0.15, 0.2) is 66.9 Å². The van der Waals surface area contributed by atoms with Gasteiger partial charge in [0.15, 0.2) is 0 Å². The van der Waals surface area contributed by atoms with E-state index in [2.05, 4.69) is 52.3 Å². The Morgan fingerprint density at radius 2 is 1.71 bits per heavy atom. The molecule has 0 saturated carbocycles. The number of carbonyl (C=O) groups excluding carboxylic acids is 1. The van der Waals surface area contributed by atoms with Gasteiger partial charge < -0.3 is 9.80 Å². The average molecular weight is 392 g/mol. The Kier molecular flexibility index (Phi) is 6.12. The van der Waals surface area contributed by atoms with Crippen LogP contribution in [0.5, 0.6) is 0 Å². The highest BCUT2D eigenvalue weighted by molar-refractivity contribution is 7.98. The van der Waals surface area contributed by atoms with Crippen molar-refractivity contribution < 1.29 is 4.79 Å². The first-order valence-electron chi connectivity index (χ1n) is 9.79. The normalized spacial score (nSPS) is 14.4. The van der Waals surface area contributed by atoms with Gasteiger partial charge >= 0.3 is 0 Å². The zero-order valence-corrected chi connectivity index (χ0v) is 16.8. The Morgan fingerprint density at radius 1 is 0.929 bits per heavy atom. The summed E-state index contributed by atoms with van der Waals surface area (Å²) < 4.78 is 0. The molecule has 0 unspecified atom stereocenters. The molecule has 1 saturated heterocycles. The molecule has 1 fully saturated rings. The Morgan fingerprint density at radius 3 is 2.50 bits per heavy atom. The van der Waals surface area contributed by atoms with Crippen LogP contribution in [0.3, 0.4) is 0 Å². The number of amides is 1. The predicted octanol–water partition coefficient (Wildman–Crippen LogP) is 4.21. The van der Waals surface area contributed by atoms with Crippen molar-refractivity contribution in [1.29, 1.82) is 0 Å². The summed E-state index contributed by atoms with van der Waals surface area (Å²) in [4.78, 5) is 21.2. The maximum atomic E-state index is 12.5. The highest BCUT2D eigenvalue weighted by atomic mass is 32.2. The average Bonchev–Trinajstić information content (AvgIpc) is 2.77. The van der Waals surface area contributed by atoms with Crippen LogP contribution in [0.4, 0.5) is 5.82 Å². The number of thioether (sulfide) groups is 1. The van der Waals surface area contributed by atoms with E-state index in [0.29, 0.717) is 6.42 Å². The molecule has 5 heteroatoms. The van der Waals surface area contributed by atoms with Gasteiger partial charge in [-0.3, -0.25) is 4.79 Å². The van der Waals surface area contributed by atoms with E-state index in [4.69, 9.17) is 0 Å². The number of pyridine rings is 1. The molecule has 4 rings (SSSR count). The van der Waals surface area contributed by atoms with Crippen LogP contribution in [-0.4, -0.2) is 47.7 Å². The van der Waals surface area contributed by atoms with Crippen molar-refractivity contribution in [1.82, 2.24) is 9.88 Å². The fourth-order valence-corrected chi connectivity index (χ4v) is 4.44. The fraction of sp³-hybridized carbons (Fsp3) is 0.304. The zero-order chi connectivity index (χ0) is 19.2. The number of piperazine rings is 1. The Hall–Kier alpha value is -2.53. The molecule has 1 aromatic heterocycles. The van der Waals surface area contributed by atoms with Crippen LogP contribution >= 0.6 is 11.8 Å². The number of anilines is 1. The molecular formula is C23H25N3OS. The molecular weight excluding hydrogens is 366 g/mol. The molecule has 0 aliphatic carbocycles. The van der Waals surface area contributed by atoms with Gasteiger partial charge in [0.2, 0.25) is 5.91 Å². The first kappa shape index (κ1) is 18.8. The second-order valence-corrected chi connectivity index (χ2v) is 8.15. The summed E-state index contributed by atoms with van der Waals surface area (Å²) in [6.07, 6.45) is 2.43. The molecule has 2 heterocycles. The lowest BCUT2D eigenvalue weighted by Crippen LogP contribution is -2.49. The van der Waals surface area contributed by atoms with Gasteiger partial charge in [0.05, 0.1) is 0 Å². The van der Waals surface area contributed by atoms with Crippen LogP contribution in [0.2, 0.25) is 0 Å². The van der Waals surface area contributed by atoms with E-state index in [1.54, 1.807) is 0 Å². The van der Waals surface area contributed by atoms with E-state index >= 15 is 0 Å². The highest BCUT2D eigenvalue weighted by Gasteiger charge is 2.21. The largest absolute Gasteiger partial charge is 0.353 e. The third-order valence-electron chi connectivity index (χ3n) is 5.15. The quantitative estimate of drug-likeness (QED) is 0.590. The van der Waals surface area contributed by atoms with Gasteiger partial charge in [-0.1, -0.05) is 48.5 Å². The lowest BCUT2D eigenvalue weighted by molar-refractivity contribution is -0.131. The summed E-state index contributed by atoms with van der Waals surface area (Å²) in [6.45, 7) is 3.27. The van der Waals surface area contributed by atoms with Gasteiger partial charge in [0.25, 0.3) is 0 Å². The van der Waals surface area contributed by atoms with Crippen LogP contribution in [0, 0.1) is 0 Å². The number of aromatic nitrogens is 1. The van der Waals surface area contributed by atoms with E-state index in [1.807, 2.05) is 41.1 Å². The maximum Gasteiger partial charge on any atom is 0.223 e. The number of carbonyl (C=O) groups is 1. The molecule has 0 radical (unpaired) electrons. The van der Waals surface area contributed by atoms with Crippen molar-refractivity contribution in [3.05, 3.63) is 72.4 Å². The summed E-state index contributed by atoms with van der Waals surface area (Å²) in [5, 5.41) is 2.55. The van der Waals surface area contributed by atoms with Crippen molar-refractivity contribution in [3.63, 3.8) is 0 Å². The molecule has 0 atom stereocenters. The number of hydrogen-bond donors (Lipinski definition) is 0. The number of hydrogen-bond acceptors (Lipinski definition) is 4. The molecule has 0 spiro atoms. The molecule has 0 N–H and O–H groups in total. The number of fused-ring (bicyclic) bond motifs is 1. The molecule has 1 aliphatic heterocycles. The molecule has 144 valence electrons. The Labute approximate surface area is 170 Å². The van der Waals surface area contributed by atoms with Gasteiger partial charge in [0, 0.05) is 50.3 Å². The third kappa shape index (κ3) is 4.65. The molecule has 28 heavy (non-hydrogen) atoms. The SMILES string of the molecule is O=C(CCSCc1ccc2ccccc2c1)N1CCN(c2ccccn2)CC1. The van der Waals surface area contributed by atoms with Crippen LogP contribution in [-0.2, 0) is 10.5 Å². The van der Waals surface area contributed by atoms with Gasteiger partial charge in [-0.15, -0.1) is 0 Å². The highest BCUT2D eigenvalue weighted by Crippen LogP contribution is 2.20. The smallest absolute Gasteiger partial charge is 0.223 e. The van der Waals surface area contributed by atoms with Gasteiger partial charge in [-0.2, -0.15) is 11.8 Å². The van der Waals surface area contributed by atoms with E-state index in [1.165, 1.54) is 16.3 Å². The van der Waals surface area contributed by atoms with Crippen molar-refractivity contribution in [2.24, 2.45) is 0 Å². The standard InChI is InChI=1S/C23H25N3OS/c27-23(26-14-12-25(13-15-26)22-7-3-4-11-24-22)10-16-28-18-19-8-9-20-5-1-2-6-21(20)17-19/h1-9,11,17H,10,12-16,18H2. The minimum absolute atomic E-state index is 0.270. The molecule has 1 amide bonds. The van der Waals surface area contributed by atoms with E-state index in [9.17, 15) is 4.79 Å².